The molecule has 0 saturated carbocycles. The smallest absolute Gasteiger partial charge is 0.342 e. The monoisotopic (exact) mass is 436 g/mol. The number of nitrogens with zero attached hydrogens (tertiary/aromatic N) is 1. The number of carbonyl (C=O) groups excluding carboxylic acids is 2. The molecular weight excluding hydrogens is 408 g/mol. The number of thioether (sulfide) groups is 1. The van der Waals surface area contributed by atoms with Crippen LogP contribution in [-0.2, 0) is 4.74 Å². The van der Waals surface area contributed by atoms with E-state index in [1.807, 2.05) is 0 Å². The number of aliphatic imine (C=N–C) groups is 1. The van der Waals surface area contributed by atoms with E-state index in [0.29, 0.717) is 30.9 Å². The number of terminal acetylenes is 1. The van der Waals surface area contributed by atoms with Crippen LogP contribution >= 0.6 is 11.8 Å². The van der Waals surface area contributed by atoms with Crippen LogP contribution in [0.5, 0.6) is 11.5 Å². The van der Waals surface area contributed by atoms with Gasteiger partial charge in [-0.2, -0.15) is 0 Å². The molecule has 0 heterocycles. The van der Waals surface area contributed by atoms with Gasteiger partial charge >= 0.3 is 5.97 Å². The molecule has 0 fully saturated rings. The summed E-state index contributed by atoms with van der Waals surface area (Å²) >= 11 is 1.38. The summed E-state index contributed by atoms with van der Waals surface area (Å²) in [5, 5.41) is 0. The summed E-state index contributed by atoms with van der Waals surface area (Å²) in [4.78, 5) is 29.0. The highest BCUT2D eigenvalue weighted by atomic mass is 32.2. The predicted octanol–water partition coefficient (Wildman–Crippen LogP) is 0.791. The van der Waals surface area contributed by atoms with E-state index in [4.69, 9.17) is 37.8 Å². The average Bonchev–Trinajstić information content (AvgIpc) is 2.73. The van der Waals surface area contributed by atoms with Crippen molar-refractivity contribution in [2.45, 2.75) is 18.9 Å². The number of hydrogen-bond acceptors (Lipinski definition) is 8. The van der Waals surface area contributed by atoms with E-state index in [0.717, 1.165) is 0 Å². The summed E-state index contributed by atoms with van der Waals surface area (Å²) in [6, 6.07) is 2.16. The Morgan fingerprint density at radius 3 is 2.40 bits per heavy atom. The fourth-order valence-corrected chi connectivity index (χ4v) is 3.15. The summed E-state index contributed by atoms with van der Waals surface area (Å²) < 4.78 is 16.0. The number of benzene rings is 1. The zero-order valence-electron chi connectivity index (χ0n) is 17.2. The molecule has 0 aliphatic heterocycles. The molecule has 164 valence electrons. The molecule has 0 amide bonds. The second-order valence-electron chi connectivity index (χ2n) is 6.07. The van der Waals surface area contributed by atoms with E-state index in [1.165, 1.54) is 38.1 Å². The minimum atomic E-state index is -0.773. The Hall–Kier alpha value is -2.90. The molecule has 0 spiro atoms. The van der Waals surface area contributed by atoms with Gasteiger partial charge in [-0.05, 0) is 25.0 Å². The lowest BCUT2D eigenvalue weighted by atomic mass is 10.0. The number of guanidine groups is 1. The molecule has 1 aromatic carbocycles. The van der Waals surface area contributed by atoms with Gasteiger partial charge in [-0.3, -0.25) is 9.79 Å². The number of hydrogen-bond donors (Lipinski definition) is 3. The number of carbonyl (C=O) groups is 2. The second kappa shape index (κ2) is 13.3. The number of nitrogens with two attached hydrogens (primary N) is 3. The van der Waals surface area contributed by atoms with Crippen molar-refractivity contribution < 1.29 is 23.8 Å². The van der Waals surface area contributed by atoms with Crippen LogP contribution in [0.1, 0.15) is 33.6 Å². The van der Waals surface area contributed by atoms with Gasteiger partial charge in [0.25, 0.3) is 0 Å². The Bertz CT molecular complexity index is 803. The molecule has 0 bridgehead atoms. The third-order valence-electron chi connectivity index (χ3n) is 3.91. The summed E-state index contributed by atoms with van der Waals surface area (Å²) in [7, 11) is 2.76. The lowest BCUT2D eigenvalue weighted by Crippen LogP contribution is -2.33. The highest BCUT2D eigenvalue weighted by Gasteiger charge is 2.26. The second-order valence-corrected chi connectivity index (χ2v) is 7.10. The Labute approximate surface area is 180 Å². The van der Waals surface area contributed by atoms with Crippen LogP contribution in [0, 0.1) is 12.3 Å². The minimum Gasteiger partial charge on any atom is -0.492 e. The first-order valence-electron chi connectivity index (χ1n) is 9.15. The van der Waals surface area contributed by atoms with Crippen LogP contribution in [0.25, 0.3) is 0 Å². The molecule has 0 aromatic heterocycles. The third-order valence-corrected chi connectivity index (χ3v) is 4.87. The molecule has 6 N–H and O–H groups in total. The Balaban J connectivity index is 2.90. The lowest BCUT2D eigenvalue weighted by molar-refractivity contribution is 0.0494. The molecule has 1 atom stereocenters. The van der Waals surface area contributed by atoms with Gasteiger partial charge in [0.05, 0.1) is 38.2 Å². The third kappa shape index (κ3) is 7.50. The maximum atomic E-state index is 12.7. The van der Waals surface area contributed by atoms with E-state index in [2.05, 4.69) is 10.9 Å². The summed E-state index contributed by atoms with van der Waals surface area (Å²) in [6.45, 7) is 0.635. The number of Topliss-reactive ketones (excluding diaryl/α,β-unsaturated/α-hetero) is 1. The van der Waals surface area contributed by atoms with Crippen molar-refractivity contribution in [1.82, 2.24) is 0 Å². The van der Waals surface area contributed by atoms with Crippen LogP contribution in [0.3, 0.4) is 0 Å². The van der Waals surface area contributed by atoms with Crippen molar-refractivity contribution in [1.29, 1.82) is 0 Å². The summed E-state index contributed by atoms with van der Waals surface area (Å²) in [5.41, 5.74) is 16.8. The molecule has 9 nitrogen and oxygen atoms in total. The first kappa shape index (κ1) is 25.1. The molecule has 10 heteroatoms. The molecule has 0 radical (unpaired) electrons. The number of methoxy groups -OCH3 is 2. The van der Waals surface area contributed by atoms with Gasteiger partial charge in [0, 0.05) is 12.3 Å². The fourth-order valence-electron chi connectivity index (χ4n) is 2.51. The van der Waals surface area contributed by atoms with Crippen LogP contribution < -0.4 is 26.7 Å². The SMILES string of the molecule is C#CCSCC(N)C(=O)c1ccc(C(=O)OCCCCN=C(N)N)c(OC)c1OC. The zero-order valence-corrected chi connectivity index (χ0v) is 18.0. The molecular formula is C20H28N4O5S. The number of ether oxygens (including phenoxy) is 3. The van der Waals surface area contributed by atoms with Gasteiger partial charge in [-0.1, -0.05) is 5.92 Å². The maximum absolute atomic E-state index is 12.7. The van der Waals surface area contributed by atoms with Crippen molar-refractivity contribution in [2.24, 2.45) is 22.2 Å². The molecule has 0 aliphatic carbocycles. The van der Waals surface area contributed by atoms with Crippen molar-refractivity contribution in [3.63, 3.8) is 0 Å². The largest absolute Gasteiger partial charge is 0.492 e. The van der Waals surface area contributed by atoms with E-state index in [-0.39, 0.29) is 41.0 Å². The maximum Gasteiger partial charge on any atom is 0.342 e. The number of rotatable bonds is 13. The van der Waals surface area contributed by atoms with E-state index in [1.54, 1.807) is 0 Å². The van der Waals surface area contributed by atoms with Gasteiger partial charge in [-0.25, -0.2) is 4.79 Å². The van der Waals surface area contributed by atoms with Gasteiger partial charge in [0.15, 0.2) is 23.2 Å². The fraction of sp³-hybridized carbons (Fsp3) is 0.450. The van der Waals surface area contributed by atoms with Crippen molar-refractivity contribution >= 4 is 29.5 Å². The van der Waals surface area contributed by atoms with Crippen molar-refractivity contribution in [3.05, 3.63) is 23.3 Å². The highest BCUT2D eigenvalue weighted by molar-refractivity contribution is 7.99. The minimum absolute atomic E-state index is 0.0211. The first-order chi connectivity index (χ1) is 14.4. The lowest BCUT2D eigenvalue weighted by Gasteiger charge is -2.17. The first-order valence-corrected chi connectivity index (χ1v) is 10.3. The quantitative estimate of drug-likeness (QED) is 0.102. The van der Waals surface area contributed by atoms with Gasteiger partial charge < -0.3 is 31.4 Å². The Morgan fingerprint density at radius 2 is 1.80 bits per heavy atom. The summed E-state index contributed by atoms with van der Waals surface area (Å²) in [6.07, 6.45) is 6.46. The molecule has 0 saturated heterocycles. The zero-order chi connectivity index (χ0) is 22.5. The molecule has 1 rings (SSSR count). The highest BCUT2D eigenvalue weighted by Crippen LogP contribution is 2.36. The van der Waals surface area contributed by atoms with Gasteiger partial charge in [-0.15, -0.1) is 18.2 Å². The summed E-state index contributed by atoms with van der Waals surface area (Å²) in [5.74, 6) is 2.61. The number of unbranched alkanes of at least 4 members (excludes halogenated alkanes) is 1. The molecule has 1 unspecified atom stereocenters. The molecule has 30 heavy (non-hydrogen) atoms. The van der Waals surface area contributed by atoms with Crippen LogP contribution in [-0.4, -0.2) is 62.6 Å². The molecule has 1 aromatic rings. The van der Waals surface area contributed by atoms with Crippen molar-refractivity contribution in [3.8, 4) is 23.8 Å². The van der Waals surface area contributed by atoms with Crippen LogP contribution in [0.2, 0.25) is 0 Å². The number of ketones is 1. The van der Waals surface area contributed by atoms with E-state index < -0.39 is 12.0 Å². The van der Waals surface area contributed by atoms with Crippen LogP contribution in [0.15, 0.2) is 17.1 Å². The number of esters is 1. The molecule has 0 aliphatic rings. The average molecular weight is 437 g/mol. The van der Waals surface area contributed by atoms with Gasteiger partial charge in [0.2, 0.25) is 0 Å². The Morgan fingerprint density at radius 1 is 1.17 bits per heavy atom. The Kier molecular flexibility index (Phi) is 11.2. The van der Waals surface area contributed by atoms with E-state index >= 15 is 0 Å². The standard InChI is InChI=1S/C20H28N4O5S/c1-4-11-30-12-15(21)16(25)13-7-8-14(18(28-3)17(13)27-2)19(26)29-10-6-5-9-24-20(22)23/h1,7-8,15H,5-6,9-12,21H2,2-3H3,(H4,22,23,24). The topological polar surface area (TPSA) is 152 Å². The predicted molar refractivity (Wildman–Crippen MR) is 118 cm³/mol. The van der Waals surface area contributed by atoms with Gasteiger partial charge in [0.1, 0.15) is 5.56 Å². The van der Waals surface area contributed by atoms with E-state index in [9.17, 15) is 9.59 Å². The van der Waals surface area contributed by atoms with Crippen LogP contribution in [0.4, 0.5) is 0 Å². The normalized spacial score (nSPS) is 11.1. The van der Waals surface area contributed by atoms with Crippen molar-refractivity contribution in [2.75, 3.05) is 38.9 Å².